The van der Waals surface area contributed by atoms with Crippen LogP contribution in [0.25, 0.3) is 5.69 Å². The molecule has 24 heavy (non-hydrogen) atoms. The van der Waals surface area contributed by atoms with Gasteiger partial charge in [-0.15, -0.1) is 5.10 Å². The summed E-state index contributed by atoms with van der Waals surface area (Å²) in [4.78, 5) is 23.7. The summed E-state index contributed by atoms with van der Waals surface area (Å²) in [6.07, 6.45) is 2.05. The summed E-state index contributed by atoms with van der Waals surface area (Å²) in [5.41, 5.74) is 1.61. The van der Waals surface area contributed by atoms with Crippen LogP contribution in [0.5, 0.6) is 0 Å². The van der Waals surface area contributed by atoms with E-state index < -0.39 is 11.9 Å². The largest absolute Gasteiger partial charge is 0.481 e. The average molecular weight is 393 g/mol. The Kier molecular flexibility index (Phi) is 4.66. The monoisotopic (exact) mass is 392 g/mol. The number of nitrogens with zero attached hydrogens (tertiary/aromatic N) is 3. The SMILES string of the molecule is Cc1c(C(=O)N[C@@H]2CCC[C@@H]2C(=O)O)nnn1-c1cccc(Br)c1. The van der Waals surface area contributed by atoms with Crippen LogP contribution in [0.1, 0.15) is 35.4 Å². The van der Waals surface area contributed by atoms with Crippen molar-refractivity contribution in [1.82, 2.24) is 20.3 Å². The number of amides is 1. The standard InChI is InChI=1S/C16H17BrN4O3/c1-9-14(15(22)18-13-7-3-6-12(13)16(23)24)19-20-21(9)11-5-2-4-10(17)8-11/h2,4-5,8,12-13H,3,6-7H2,1H3,(H,18,22)(H,23,24)/t12-,13+/m0/s1. The molecule has 0 bridgehead atoms. The van der Waals surface area contributed by atoms with E-state index in [-0.39, 0.29) is 17.6 Å². The number of aromatic nitrogens is 3. The summed E-state index contributed by atoms with van der Waals surface area (Å²) < 4.78 is 2.49. The van der Waals surface area contributed by atoms with Crippen LogP contribution in [0.3, 0.4) is 0 Å². The van der Waals surface area contributed by atoms with Gasteiger partial charge in [-0.1, -0.05) is 33.6 Å². The first-order valence-corrected chi connectivity index (χ1v) is 8.48. The third-order valence-corrected chi connectivity index (χ3v) is 4.81. The van der Waals surface area contributed by atoms with E-state index in [0.717, 1.165) is 16.6 Å². The van der Waals surface area contributed by atoms with E-state index in [1.54, 1.807) is 11.6 Å². The molecule has 3 rings (SSSR count). The summed E-state index contributed by atoms with van der Waals surface area (Å²) in [5, 5.41) is 20.0. The van der Waals surface area contributed by atoms with Gasteiger partial charge in [0.15, 0.2) is 5.69 Å². The van der Waals surface area contributed by atoms with Crippen molar-refractivity contribution in [2.75, 3.05) is 0 Å². The van der Waals surface area contributed by atoms with Crippen LogP contribution in [0.2, 0.25) is 0 Å². The summed E-state index contributed by atoms with van der Waals surface area (Å²) >= 11 is 3.40. The summed E-state index contributed by atoms with van der Waals surface area (Å²) in [6.45, 7) is 1.76. The van der Waals surface area contributed by atoms with E-state index in [2.05, 4.69) is 31.6 Å². The maximum absolute atomic E-state index is 12.5. The molecule has 2 N–H and O–H groups in total. The third-order valence-electron chi connectivity index (χ3n) is 4.31. The Morgan fingerprint density at radius 2 is 2.17 bits per heavy atom. The lowest BCUT2D eigenvalue weighted by molar-refractivity contribution is -0.142. The fourth-order valence-corrected chi connectivity index (χ4v) is 3.44. The van der Waals surface area contributed by atoms with Gasteiger partial charge in [0.05, 0.1) is 17.3 Å². The molecule has 1 fully saturated rings. The molecule has 126 valence electrons. The van der Waals surface area contributed by atoms with Gasteiger partial charge in [0.25, 0.3) is 5.91 Å². The van der Waals surface area contributed by atoms with Crippen molar-refractivity contribution in [2.24, 2.45) is 5.92 Å². The minimum Gasteiger partial charge on any atom is -0.481 e. The lowest BCUT2D eigenvalue weighted by Crippen LogP contribution is -2.40. The molecule has 8 heteroatoms. The highest BCUT2D eigenvalue weighted by molar-refractivity contribution is 9.10. The zero-order valence-corrected chi connectivity index (χ0v) is 14.7. The first-order valence-electron chi connectivity index (χ1n) is 7.69. The molecule has 0 aliphatic heterocycles. The lowest BCUT2D eigenvalue weighted by Gasteiger charge is -2.16. The van der Waals surface area contributed by atoms with Crippen LogP contribution in [0.4, 0.5) is 0 Å². The van der Waals surface area contributed by atoms with Gasteiger partial charge < -0.3 is 10.4 Å². The number of hydrogen-bond donors (Lipinski definition) is 2. The van der Waals surface area contributed by atoms with Crippen LogP contribution in [-0.2, 0) is 4.79 Å². The highest BCUT2D eigenvalue weighted by Crippen LogP contribution is 2.26. The first-order chi connectivity index (χ1) is 11.5. The van der Waals surface area contributed by atoms with Crippen molar-refractivity contribution >= 4 is 27.8 Å². The highest BCUT2D eigenvalue weighted by atomic mass is 79.9. The average Bonchev–Trinajstić information content (AvgIpc) is 3.13. The Bertz CT molecular complexity index is 789. The van der Waals surface area contributed by atoms with E-state index >= 15 is 0 Å². The fourth-order valence-electron chi connectivity index (χ4n) is 3.06. The molecule has 0 unspecified atom stereocenters. The Morgan fingerprint density at radius 1 is 1.38 bits per heavy atom. The molecule has 0 spiro atoms. The maximum Gasteiger partial charge on any atom is 0.308 e. The normalized spacial score (nSPS) is 20.1. The van der Waals surface area contributed by atoms with Gasteiger partial charge in [-0.25, -0.2) is 4.68 Å². The molecule has 1 aromatic carbocycles. The topological polar surface area (TPSA) is 97.1 Å². The molecule has 1 heterocycles. The molecule has 1 aliphatic rings. The third kappa shape index (κ3) is 3.19. The number of aliphatic carboxylic acids is 1. The van der Waals surface area contributed by atoms with E-state index in [1.807, 2.05) is 24.3 Å². The summed E-state index contributed by atoms with van der Waals surface area (Å²) in [5.74, 6) is -1.78. The number of carboxylic acid groups (broad SMARTS) is 1. The van der Waals surface area contributed by atoms with Crippen LogP contribution >= 0.6 is 15.9 Å². The van der Waals surface area contributed by atoms with E-state index in [4.69, 9.17) is 0 Å². The maximum atomic E-state index is 12.5. The predicted octanol–water partition coefficient (Wildman–Crippen LogP) is 2.32. The van der Waals surface area contributed by atoms with Crippen molar-refractivity contribution < 1.29 is 14.7 Å². The molecule has 2 aromatic rings. The number of halogens is 1. The van der Waals surface area contributed by atoms with Gasteiger partial charge in [-0.05, 0) is 38.0 Å². The molecule has 1 amide bonds. The number of carbonyl (C=O) groups is 2. The highest BCUT2D eigenvalue weighted by Gasteiger charge is 2.34. The first kappa shape index (κ1) is 16.6. The summed E-state index contributed by atoms with van der Waals surface area (Å²) in [6, 6.07) is 7.16. The van der Waals surface area contributed by atoms with Crippen LogP contribution in [-0.4, -0.2) is 38.0 Å². The molecule has 1 saturated carbocycles. The molecule has 7 nitrogen and oxygen atoms in total. The smallest absolute Gasteiger partial charge is 0.308 e. The molecule has 0 saturated heterocycles. The fraction of sp³-hybridized carbons (Fsp3) is 0.375. The lowest BCUT2D eigenvalue weighted by atomic mass is 10.0. The van der Waals surface area contributed by atoms with Crippen molar-refractivity contribution in [2.45, 2.75) is 32.2 Å². The van der Waals surface area contributed by atoms with Gasteiger partial charge in [0.1, 0.15) is 0 Å². The molecule has 2 atom stereocenters. The van der Waals surface area contributed by atoms with Crippen molar-refractivity contribution in [3.8, 4) is 5.69 Å². The molecule has 0 radical (unpaired) electrons. The second kappa shape index (κ2) is 6.72. The number of hydrogen-bond acceptors (Lipinski definition) is 4. The number of benzene rings is 1. The van der Waals surface area contributed by atoms with Crippen molar-refractivity contribution in [3.63, 3.8) is 0 Å². The molecule has 1 aliphatic carbocycles. The van der Waals surface area contributed by atoms with E-state index in [1.165, 1.54) is 0 Å². The zero-order chi connectivity index (χ0) is 17.3. The van der Waals surface area contributed by atoms with Crippen LogP contribution < -0.4 is 5.32 Å². The quantitative estimate of drug-likeness (QED) is 0.831. The van der Waals surface area contributed by atoms with Crippen LogP contribution in [0.15, 0.2) is 28.7 Å². The number of carbonyl (C=O) groups excluding carboxylic acids is 1. The second-order valence-electron chi connectivity index (χ2n) is 5.87. The number of carboxylic acids is 1. The van der Waals surface area contributed by atoms with Gasteiger partial charge in [0, 0.05) is 10.5 Å². The number of nitrogens with one attached hydrogen (secondary N) is 1. The van der Waals surface area contributed by atoms with Crippen molar-refractivity contribution in [3.05, 3.63) is 40.1 Å². The minimum absolute atomic E-state index is 0.214. The van der Waals surface area contributed by atoms with E-state index in [9.17, 15) is 14.7 Å². The van der Waals surface area contributed by atoms with Gasteiger partial charge in [0.2, 0.25) is 0 Å². The Labute approximate surface area is 147 Å². The van der Waals surface area contributed by atoms with Crippen molar-refractivity contribution in [1.29, 1.82) is 0 Å². The predicted molar refractivity (Wildman–Crippen MR) is 90.0 cm³/mol. The molecule has 1 aromatic heterocycles. The molecular weight excluding hydrogens is 376 g/mol. The van der Waals surface area contributed by atoms with Gasteiger partial charge in [-0.3, -0.25) is 9.59 Å². The zero-order valence-electron chi connectivity index (χ0n) is 13.1. The Balaban J connectivity index is 1.80. The molecular formula is C16H17BrN4O3. The van der Waals surface area contributed by atoms with Gasteiger partial charge in [-0.2, -0.15) is 0 Å². The second-order valence-corrected chi connectivity index (χ2v) is 6.79. The van der Waals surface area contributed by atoms with Crippen LogP contribution in [0, 0.1) is 12.8 Å². The Morgan fingerprint density at radius 3 is 2.88 bits per heavy atom. The number of rotatable bonds is 4. The minimum atomic E-state index is -0.868. The Hall–Kier alpha value is -2.22. The van der Waals surface area contributed by atoms with E-state index in [0.29, 0.717) is 18.5 Å². The summed E-state index contributed by atoms with van der Waals surface area (Å²) in [7, 11) is 0. The van der Waals surface area contributed by atoms with Gasteiger partial charge >= 0.3 is 5.97 Å².